The summed E-state index contributed by atoms with van der Waals surface area (Å²) in [6, 6.07) is 90.2. The number of hydrogen-bond acceptors (Lipinski definition) is 2. The van der Waals surface area contributed by atoms with E-state index in [0.29, 0.717) is 0 Å². The van der Waals surface area contributed by atoms with Crippen LogP contribution in [0.5, 0.6) is 0 Å². The molecule has 63 heavy (non-hydrogen) atoms. The van der Waals surface area contributed by atoms with Crippen LogP contribution in [-0.2, 0) is 5.41 Å². The lowest BCUT2D eigenvalue weighted by Crippen LogP contribution is -2.28. The lowest BCUT2D eigenvalue weighted by Gasteiger charge is -2.34. The van der Waals surface area contributed by atoms with Crippen molar-refractivity contribution >= 4 is 39.0 Å². The van der Waals surface area contributed by atoms with Gasteiger partial charge in [-0.05, 0) is 91.5 Å². The monoisotopic (exact) mass is 803 g/mol. The molecule has 12 rings (SSSR count). The maximum absolute atomic E-state index is 6.92. The largest absolute Gasteiger partial charge is 0.454 e. The molecule has 0 bridgehead atoms. The second kappa shape index (κ2) is 15.1. The number of anilines is 3. The fourth-order valence-electron chi connectivity index (χ4n) is 10.3. The van der Waals surface area contributed by atoms with Gasteiger partial charge in [-0.3, -0.25) is 0 Å². The highest BCUT2D eigenvalue weighted by molar-refractivity contribution is 6.12. The molecule has 0 radical (unpaired) electrons. The van der Waals surface area contributed by atoms with Gasteiger partial charge in [0.15, 0.2) is 5.58 Å². The van der Waals surface area contributed by atoms with Gasteiger partial charge in [0.1, 0.15) is 5.58 Å². The minimum Gasteiger partial charge on any atom is -0.454 e. The van der Waals surface area contributed by atoms with Gasteiger partial charge in [-0.1, -0.05) is 218 Å². The molecule has 0 amide bonds. The average molecular weight is 804 g/mol. The first-order valence-electron chi connectivity index (χ1n) is 21.7. The summed E-state index contributed by atoms with van der Waals surface area (Å²) < 4.78 is 6.92. The molecule has 1 aromatic heterocycles. The highest BCUT2D eigenvalue weighted by atomic mass is 16.3. The average Bonchev–Trinajstić information content (AvgIpc) is 3.89. The highest BCUT2D eigenvalue weighted by Gasteiger charge is 2.46. The van der Waals surface area contributed by atoms with Gasteiger partial charge in [-0.15, -0.1) is 0 Å². The zero-order valence-electron chi connectivity index (χ0n) is 34.5. The minimum absolute atomic E-state index is 0.510. The van der Waals surface area contributed by atoms with E-state index < -0.39 is 5.41 Å². The fourth-order valence-corrected chi connectivity index (χ4v) is 10.3. The molecule has 0 saturated heterocycles. The molecule has 0 aliphatic heterocycles. The van der Waals surface area contributed by atoms with E-state index >= 15 is 0 Å². The molecular formula is C61H41NO. The van der Waals surface area contributed by atoms with Gasteiger partial charge in [0.2, 0.25) is 0 Å². The molecule has 0 N–H and O–H groups in total. The molecule has 2 heteroatoms. The van der Waals surface area contributed by atoms with E-state index in [2.05, 4.69) is 248 Å². The summed E-state index contributed by atoms with van der Waals surface area (Å²) in [4.78, 5) is 2.45. The van der Waals surface area contributed by atoms with Crippen molar-refractivity contribution in [3.05, 3.63) is 271 Å². The summed E-state index contributed by atoms with van der Waals surface area (Å²) in [5, 5.41) is 2.18. The smallest absolute Gasteiger partial charge is 0.159 e. The van der Waals surface area contributed by atoms with Crippen molar-refractivity contribution in [3.63, 3.8) is 0 Å². The van der Waals surface area contributed by atoms with E-state index in [0.717, 1.165) is 61.3 Å². The molecule has 2 nitrogen and oxygen atoms in total. The van der Waals surface area contributed by atoms with Crippen LogP contribution in [-0.4, -0.2) is 0 Å². The summed E-state index contributed by atoms with van der Waals surface area (Å²) in [6.07, 6.45) is 0. The van der Waals surface area contributed by atoms with Crippen LogP contribution in [0.1, 0.15) is 22.3 Å². The molecular weight excluding hydrogens is 763 g/mol. The maximum Gasteiger partial charge on any atom is 0.159 e. The first-order valence-corrected chi connectivity index (χ1v) is 21.7. The number of para-hydroxylation sites is 2. The molecule has 0 unspecified atom stereocenters. The molecule has 1 aliphatic carbocycles. The number of furan rings is 1. The van der Waals surface area contributed by atoms with Crippen LogP contribution in [0.3, 0.4) is 0 Å². The van der Waals surface area contributed by atoms with Gasteiger partial charge < -0.3 is 9.32 Å². The van der Waals surface area contributed by atoms with Crippen molar-refractivity contribution in [3.8, 4) is 44.5 Å². The van der Waals surface area contributed by atoms with Crippen molar-refractivity contribution < 1.29 is 4.42 Å². The van der Waals surface area contributed by atoms with Crippen LogP contribution < -0.4 is 4.90 Å². The molecule has 0 spiro atoms. The van der Waals surface area contributed by atoms with Crippen LogP contribution in [0, 0.1) is 0 Å². The quantitative estimate of drug-likeness (QED) is 0.152. The highest BCUT2D eigenvalue weighted by Crippen LogP contribution is 2.58. The third-order valence-electron chi connectivity index (χ3n) is 13.0. The van der Waals surface area contributed by atoms with Crippen LogP contribution in [0.2, 0.25) is 0 Å². The third-order valence-corrected chi connectivity index (χ3v) is 13.0. The number of hydrogen-bond donors (Lipinski definition) is 0. The SMILES string of the molecule is c1ccc(-c2ccccc2-c2c(-c3ccccc3)cccc2N(c2ccc3c(c2)-c2ccccc2C3(c2ccccc2)c2ccccc2)c2cccc3c2oc2ccccc23)cc1. The second-order valence-corrected chi connectivity index (χ2v) is 16.3. The first-order chi connectivity index (χ1) is 31.3. The van der Waals surface area contributed by atoms with Gasteiger partial charge in [0.25, 0.3) is 0 Å². The lowest BCUT2D eigenvalue weighted by atomic mass is 9.68. The van der Waals surface area contributed by atoms with Gasteiger partial charge in [0.05, 0.1) is 16.8 Å². The summed E-state index contributed by atoms with van der Waals surface area (Å²) in [5.41, 5.74) is 18.7. The van der Waals surface area contributed by atoms with Gasteiger partial charge in [-0.25, -0.2) is 0 Å². The Morgan fingerprint density at radius 3 is 1.56 bits per heavy atom. The van der Waals surface area contributed by atoms with Gasteiger partial charge >= 0.3 is 0 Å². The van der Waals surface area contributed by atoms with Crippen LogP contribution in [0.4, 0.5) is 17.1 Å². The van der Waals surface area contributed by atoms with Crippen LogP contribution >= 0.6 is 0 Å². The number of rotatable bonds is 8. The second-order valence-electron chi connectivity index (χ2n) is 16.3. The molecule has 0 fully saturated rings. The van der Waals surface area contributed by atoms with Crippen molar-refractivity contribution in [2.24, 2.45) is 0 Å². The Hall–Kier alpha value is -8.20. The van der Waals surface area contributed by atoms with E-state index in [-0.39, 0.29) is 0 Å². The molecule has 11 aromatic rings. The van der Waals surface area contributed by atoms with Crippen molar-refractivity contribution in [2.45, 2.75) is 5.41 Å². The van der Waals surface area contributed by atoms with Crippen molar-refractivity contribution in [1.29, 1.82) is 0 Å². The zero-order valence-corrected chi connectivity index (χ0v) is 34.5. The topological polar surface area (TPSA) is 16.4 Å². The Kier molecular flexibility index (Phi) is 8.76. The van der Waals surface area contributed by atoms with E-state index in [4.69, 9.17) is 4.42 Å². The number of fused-ring (bicyclic) bond motifs is 6. The third kappa shape index (κ3) is 5.80. The van der Waals surface area contributed by atoms with E-state index in [9.17, 15) is 0 Å². The first kappa shape index (κ1) is 36.6. The van der Waals surface area contributed by atoms with Crippen LogP contribution in [0.25, 0.3) is 66.4 Å². The Labute approximate surface area is 367 Å². The zero-order chi connectivity index (χ0) is 41.7. The van der Waals surface area contributed by atoms with Crippen molar-refractivity contribution in [2.75, 3.05) is 4.90 Å². The summed E-state index contributed by atoms with van der Waals surface area (Å²) in [7, 11) is 0. The predicted octanol–water partition coefficient (Wildman–Crippen LogP) is 16.4. The van der Waals surface area contributed by atoms with E-state index in [1.54, 1.807) is 0 Å². The summed E-state index contributed by atoms with van der Waals surface area (Å²) in [5.74, 6) is 0. The number of benzene rings is 10. The van der Waals surface area contributed by atoms with Gasteiger partial charge in [0, 0.05) is 22.0 Å². The van der Waals surface area contributed by atoms with E-state index in [1.165, 1.54) is 44.5 Å². The summed E-state index contributed by atoms with van der Waals surface area (Å²) in [6.45, 7) is 0. The predicted molar refractivity (Wildman–Crippen MR) is 262 cm³/mol. The van der Waals surface area contributed by atoms with E-state index in [1.807, 2.05) is 6.07 Å². The lowest BCUT2D eigenvalue weighted by molar-refractivity contribution is 0.669. The molecule has 1 heterocycles. The standard InChI is InChI=1S/C61H41NO/c1-5-21-42(22-6-1)47-29-13-14-32-51(47)59-48(43-23-7-2-8-24-43)33-19-36-56(59)62(57-37-20-34-52-50-31-16-18-38-58(50)63-60(52)57)46-39-40-55-53(41-46)49-30-15-17-35-54(49)61(55,44-25-9-3-10-26-44)45-27-11-4-12-28-45/h1-41H. The Balaban J connectivity index is 1.19. The Bertz CT molecular complexity index is 3400. The van der Waals surface area contributed by atoms with Crippen molar-refractivity contribution in [1.82, 2.24) is 0 Å². The minimum atomic E-state index is -0.510. The fraction of sp³-hybridized carbons (Fsp3) is 0.0164. The molecule has 0 atom stereocenters. The van der Waals surface area contributed by atoms with Crippen LogP contribution in [0.15, 0.2) is 253 Å². The molecule has 296 valence electrons. The molecule has 10 aromatic carbocycles. The number of nitrogens with zero attached hydrogens (tertiary/aromatic N) is 1. The Morgan fingerprint density at radius 2 is 0.841 bits per heavy atom. The Morgan fingerprint density at radius 1 is 0.333 bits per heavy atom. The molecule has 1 aliphatic rings. The maximum atomic E-state index is 6.92. The molecule has 0 saturated carbocycles. The normalized spacial score (nSPS) is 12.6. The van der Waals surface area contributed by atoms with Gasteiger partial charge in [-0.2, -0.15) is 0 Å². The summed E-state index contributed by atoms with van der Waals surface area (Å²) >= 11 is 0.